The van der Waals surface area contributed by atoms with Crippen LogP contribution >= 0.6 is 24.2 Å². The maximum Gasteiger partial charge on any atom is 0.251 e. The number of halogens is 2. The molecule has 0 aliphatic carbocycles. The van der Waals surface area contributed by atoms with Gasteiger partial charge in [-0.2, -0.15) is 0 Å². The fraction of sp³-hybridized carbons (Fsp3) is 0.0714. The van der Waals surface area contributed by atoms with Gasteiger partial charge in [0.2, 0.25) is 0 Å². The number of carbonyl (C=O) groups is 1. The van der Waals surface area contributed by atoms with E-state index >= 15 is 0 Å². The van der Waals surface area contributed by atoms with Crippen LogP contribution in [0, 0.1) is 5.82 Å². The van der Waals surface area contributed by atoms with E-state index in [4.69, 9.17) is 11.6 Å². The lowest BCUT2D eigenvalue weighted by Crippen LogP contribution is -2.22. The minimum atomic E-state index is -0.471. The van der Waals surface area contributed by atoms with Gasteiger partial charge in [-0.25, -0.2) is 4.39 Å². The molecule has 0 spiro atoms. The van der Waals surface area contributed by atoms with E-state index in [0.717, 1.165) is 10.5 Å². The molecular weight excluding hydrogens is 285 g/mol. The van der Waals surface area contributed by atoms with Gasteiger partial charge in [0.15, 0.2) is 0 Å². The van der Waals surface area contributed by atoms with Gasteiger partial charge < -0.3 is 5.32 Å². The lowest BCUT2D eigenvalue weighted by atomic mass is 10.2. The van der Waals surface area contributed by atoms with Gasteiger partial charge in [0, 0.05) is 17.0 Å². The minimum absolute atomic E-state index is 0.0474. The highest BCUT2D eigenvalue weighted by atomic mass is 35.5. The summed E-state index contributed by atoms with van der Waals surface area (Å²) in [6.45, 7) is 0.293. The fourth-order valence-electron chi connectivity index (χ4n) is 1.55. The summed E-state index contributed by atoms with van der Waals surface area (Å²) in [5, 5.41) is 2.78. The molecule has 0 radical (unpaired) electrons. The molecule has 19 heavy (non-hydrogen) atoms. The summed E-state index contributed by atoms with van der Waals surface area (Å²) in [5.74, 6) is -0.671. The Morgan fingerprint density at radius 1 is 1.21 bits per heavy atom. The standard InChI is InChI=1S/C14H11ClFNOS/c15-12-7-9(1-6-13(12)16)8-17-14(18)10-2-4-11(19)5-3-10/h1-7,19H,8H2,(H,17,18). The van der Waals surface area contributed by atoms with Gasteiger partial charge >= 0.3 is 0 Å². The third-order valence-corrected chi connectivity index (χ3v) is 3.15. The molecule has 0 aliphatic rings. The van der Waals surface area contributed by atoms with Crippen molar-refractivity contribution >= 4 is 30.1 Å². The van der Waals surface area contributed by atoms with E-state index in [0.29, 0.717) is 12.1 Å². The van der Waals surface area contributed by atoms with Crippen molar-refractivity contribution in [1.82, 2.24) is 5.32 Å². The van der Waals surface area contributed by atoms with Crippen LogP contribution in [-0.4, -0.2) is 5.91 Å². The fourth-order valence-corrected chi connectivity index (χ4v) is 1.90. The second-order valence-corrected chi connectivity index (χ2v) is 4.90. The summed E-state index contributed by atoms with van der Waals surface area (Å²) >= 11 is 9.82. The monoisotopic (exact) mass is 295 g/mol. The topological polar surface area (TPSA) is 29.1 Å². The van der Waals surface area contributed by atoms with Gasteiger partial charge in [-0.1, -0.05) is 17.7 Å². The SMILES string of the molecule is O=C(NCc1ccc(F)c(Cl)c1)c1ccc(S)cc1. The first kappa shape index (κ1) is 13.9. The van der Waals surface area contributed by atoms with E-state index in [1.54, 1.807) is 30.3 Å². The van der Waals surface area contributed by atoms with Crippen molar-refractivity contribution in [2.45, 2.75) is 11.4 Å². The van der Waals surface area contributed by atoms with Gasteiger partial charge in [0.1, 0.15) is 5.82 Å². The largest absolute Gasteiger partial charge is 0.348 e. The van der Waals surface area contributed by atoms with E-state index in [9.17, 15) is 9.18 Å². The van der Waals surface area contributed by atoms with E-state index in [-0.39, 0.29) is 10.9 Å². The second kappa shape index (κ2) is 6.08. The van der Waals surface area contributed by atoms with Crippen molar-refractivity contribution in [3.63, 3.8) is 0 Å². The zero-order valence-electron chi connectivity index (χ0n) is 9.86. The van der Waals surface area contributed by atoms with Gasteiger partial charge in [0.05, 0.1) is 5.02 Å². The molecule has 2 aromatic carbocycles. The Balaban J connectivity index is 2.00. The van der Waals surface area contributed by atoms with Gasteiger partial charge in [-0.15, -0.1) is 12.6 Å². The Bertz CT molecular complexity index is 601. The molecule has 1 amide bonds. The molecule has 0 saturated heterocycles. The number of carbonyl (C=O) groups excluding carboxylic acids is 1. The predicted octanol–water partition coefficient (Wildman–Crippen LogP) is 3.70. The molecule has 0 aliphatic heterocycles. The van der Waals surface area contributed by atoms with Crippen molar-refractivity contribution < 1.29 is 9.18 Å². The summed E-state index contributed by atoms with van der Waals surface area (Å²) in [6, 6.07) is 11.2. The molecule has 5 heteroatoms. The number of nitrogens with one attached hydrogen (secondary N) is 1. The van der Waals surface area contributed by atoms with E-state index in [2.05, 4.69) is 17.9 Å². The number of benzene rings is 2. The molecule has 2 nitrogen and oxygen atoms in total. The summed E-state index contributed by atoms with van der Waals surface area (Å²) in [7, 11) is 0. The smallest absolute Gasteiger partial charge is 0.251 e. The molecule has 0 fully saturated rings. The van der Waals surface area contributed by atoms with Crippen LogP contribution in [0.25, 0.3) is 0 Å². The average molecular weight is 296 g/mol. The van der Waals surface area contributed by atoms with Crippen molar-refractivity contribution in [1.29, 1.82) is 0 Å². The molecule has 0 bridgehead atoms. The van der Waals surface area contributed by atoms with E-state index in [1.807, 2.05) is 0 Å². The zero-order chi connectivity index (χ0) is 13.8. The Morgan fingerprint density at radius 2 is 1.89 bits per heavy atom. The number of thiol groups is 1. The number of amides is 1. The quantitative estimate of drug-likeness (QED) is 0.831. The highest BCUT2D eigenvalue weighted by Crippen LogP contribution is 2.16. The minimum Gasteiger partial charge on any atom is -0.348 e. The van der Waals surface area contributed by atoms with Gasteiger partial charge in [-0.3, -0.25) is 4.79 Å². The van der Waals surface area contributed by atoms with Crippen LogP contribution in [0.2, 0.25) is 5.02 Å². The van der Waals surface area contributed by atoms with Crippen molar-refractivity contribution in [3.05, 3.63) is 64.4 Å². The van der Waals surface area contributed by atoms with Crippen LogP contribution in [0.4, 0.5) is 4.39 Å². The van der Waals surface area contributed by atoms with Crippen LogP contribution in [0.1, 0.15) is 15.9 Å². The van der Waals surface area contributed by atoms with E-state index in [1.165, 1.54) is 12.1 Å². The van der Waals surface area contributed by atoms with Gasteiger partial charge in [0.25, 0.3) is 5.91 Å². The Hall–Kier alpha value is -1.52. The molecule has 0 heterocycles. The van der Waals surface area contributed by atoms with E-state index < -0.39 is 5.82 Å². The lowest BCUT2D eigenvalue weighted by Gasteiger charge is -2.06. The zero-order valence-corrected chi connectivity index (χ0v) is 11.5. The van der Waals surface area contributed by atoms with Crippen LogP contribution in [0.3, 0.4) is 0 Å². The molecule has 1 N–H and O–H groups in total. The Labute approximate surface area is 121 Å². The third kappa shape index (κ3) is 3.72. The molecule has 0 unspecified atom stereocenters. The lowest BCUT2D eigenvalue weighted by molar-refractivity contribution is 0.0951. The molecule has 0 aromatic heterocycles. The van der Waals surface area contributed by atoms with Crippen molar-refractivity contribution in [2.75, 3.05) is 0 Å². The van der Waals surface area contributed by atoms with Crippen LogP contribution in [-0.2, 0) is 6.54 Å². The van der Waals surface area contributed by atoms with Crippen molar-refractivity contribution in [2.24, 2.45) is 0 Å². The number of hydrogen-bond acceptors (Lipinski definition) is 2. The summed E-state index contributed by atoms with van der Waals surface area (Å²) < 4.78 is 13.0. The number of hydrogen-bond donors (Lipinski definition) is 2. The molecule has 98 valence electrons. The highest BCUT2D eigenvalue weighted by molar-refractivity contribution is 7.80. The maximum atomic E-state index is 13.0. The van der Waals surface area contributed by atoms with Crippen LogP contribution < -0.4 is 5.32 Å². The second-order valence-electron chi connectivity index (χ2n) is 3.98. The first-order valence-electron chi connectivity index (χ1n) is 5.57. The third-order valence-electron chi connectivity index (χ3n) is 2.57. The Morgan fingerprint density at radius 3 is 2.53 bits per heavy atom. The van der Waals surface area contributed by atoms with Gasteiger partial charge in [-0.05, 0) is 42.0 Å². The van der Waals surface area contributed by atoms with Crippen LogP contribution in [0.15, 0.2) is 47.4 Å². The Kier molecular flexibility index (Phi) is 4.45. The first-order valence-corrected chi connectivity index (χ1v) is 6.40. The predicted molar refractivity (Wildman–Crippen MR) is 76.3 cm³/mol. The molecule has 2 aromatic rings. The molecule has 0 atom stereocenters. The average Bonchev–Trinajstić information content (AvgIpc) is 2.40. The summed E-state index contributed by atoms with van der Waals surface area (Å²) in [6.07, 6.45) is 0. The number of rotatable bonds is 3. The normalized spacial score (nSPS) is 10.3. The molecular formula is C14H11ClFNOS. The highest BCUT2D eigenvalue weighted by Gasteiger charge is 2.06. The van der Waals surface area contributed by atoms with Crippen molar-refractivity contribution in [3.8, 4) is 0 Å². The molecule has 0 saturated carbocycles. The summed E-state index contributed by atoms with van der Waals surface area (Å²) in [4.78, 5) is 12.6. The molecule has 2 rings (SSSR count). The maximum absolute atomic E-state index is 13.0. The van der Waals surface area contributed by atoms with Crippen LogP contribution in [0.5, 0.6) is 0 Å². The first-order chi connectivity index (χ1) is 9.06. The summed E-state index contributed by atoms with van der Waals surface area (Å²) in [5.41, 5.74) is 1.29.